The second kappa shape index (κ2) is 3.44. The molecule has 0 radical (unpaired) electrons. The number of aromatic amines is 1. The third kappa shape index (κ3) is 1.95. The minimum absolute atomic E-state index is 0.0629. The van der Waals surface area contributed by atoms with E-state index in [-0.39, 0.29) is 5.91 Å². The Balaban J connectivity index is 2.04. The number of amides is 1. The van der Waals surface area contributed by atoms with E-state index in [1.54, 1.807) is 14.1 Å². The molecule has 1 aliphatic rings. The summed E-state index contributed by atoms with van der Waals surface area (Å²) in [4.78, 5) is 20.2. The molecule has 0 aromatic carbocycles. The van der Waals surface area contributed by atoms with Crippen molar-refractivity contribution in [1.82, 2.24) is 14.9 Å². The van der Waals surface area contributed by atoms with Crippen molar-refractivity contribution in [2.45, 2.75) is 19.3 Å². The molecule has 0 spiro atoms. The van der Waals surface area contributed by atoms with Gasteiger partial charge in [-0.25, -0.2) is 4.98 Å². The second-order valence-electron chi connectivity index (χ2n) is 4.09. The Labute approximate surface area is 83.3 Å². The Morgan fingerprint density at radius 3 is 2.93 bits per heavy atom. The molecule has 2 rings (SSSR count). The number of imidazole rings is 1. The zero-order valence-electron chi connectivity index (χ0n) is 8.58. The van der Waals surface area contributed by atoms with E-state index in [9.17, 15) is 4.79 Å². The standard InChI is InChI=1S/C10H15N3O/c1-13(2)10(14)9-11-6-8(12-9)5-7-3-4-7/h6-7H,3-5H2,1-2H3,(H,11,12). The number of nitrogens with zero attached hydrogens (tertiary/aromatic N) is 2. The molecule has 4 nitrogen and oxygen atoms in total. The molecule has 14 heavy (non-hydrogen) atoms. The first kappa shape index (κ1) is 9.24. The minimum Gasteiger partial charge on any atom is -0.342 e. The van der Waals surface area contributed by atoms with Crippen molar-refractivity contribution in [2.75, 3.05) is 14.1 Å². The first-order valence-electron chi connectivity index (χ1n) is 4.93. The first-order chi connectivity index (χ1) is 6.66. The van der Waals surface area contributed by atoms with Crippen LogP contribution in [0.3, 0.4) is 0 Å². The van der Waals surface area contributed by atoms with Crippen molar-refractivity contribution < 1.29 is 4.79 Å². The van der Waals surface area contributed by atoms with E-state index < -0.39 is 0 Å². The molecule has 1 aliphatic carbocycles. The number of hydrogen-bond donors (Lipinski definition) is 1. The maximum Gasteiger partial charge on any atom is 0.289 e. The first-order valence-corrected chi connectivity index (χ1v) is 4.93. The Kier molecular flexibility index (Phi) is 2.27. The monoisotopic (exact) mass is 193 g/mol. The van der Waals surface area contributed by atoms with Gasteiger partial charge in [0.2, 0.25) is 0 Å². The molecule has 1 aromatic rings. The highest BCUT2D eigenvalue weighted by molar-refractivity contribution is 5.90. The van der Waals surface area contributed by atoms with Gasteiger partial charge in [-0.1, -0.05) is 0 Å². The lowest BCUT2D eigenvalue weighted by Gasteiger charge is -2.06. The Bertz CT molecular complexity index is 339. The number of H-pyrrole nitrogens is 1. The SMILES string of the molecule is CN(C)C(=O)c1nc(CC2CC2)c[nH]1. The molecule has 0 unspecified atom stereocenters. The summed E-state index contributed by atoms with van der Waals surface area (Å²) < 4.78 is 0. The lowest BCUT2D eigenvalue weighted by molar-refractivity contribution is 0.0817. The van der Waals surface area contributed by atoms with Crippen molar-refractivity contribution in [1.29, 1.82) is 0 Å². The highest BCUT2D eigenvalue weighted by Gasteiger charge is 2.23. The maximum atomic E-state index is 11.5. The van der Waals surface area contributed by atoms with Gasteiger partial charge in [-0.05, 0) is 25.2 Å². The van der Waals surface area contributed by atoms with Gasteiger partial charge < -0.3 is 9.88 Å². The van der Waals surface area contributed by atoms with Gasteiger partial charge in [0.05, 0.1) is 5.69 Å². The van der Waals surface area contributed by atoms with E-state index in [0.29, 0.717) is 5.82 Å². The normalized spacial score (nSPS) is 15.6. The summed E-state index contributed by atoms with van der Waals surface area (Å²) in [5, 5.41) is 0. The van der Waals surface area contributed by atoms with E-state index in [0.717, 1.165) is 18.0 Å². The largest absolute Gasteiger partial charge is 0.342 e. The summed E-state index contributed by atoms with van der Waals surface area (Å²) in [6, 6.07) is 0. The summed E-state index contributed by atoms with van der Waals surface area (Å²) in [5.74, 6) is 1.19. The summed E-state index contributed by atoms with van der Waals surface area (Å²) in [7, 11) is 3.46. The van der Waals surface area contributed by atoms with E-state index in [1.807, 2.05) is 6.20 Å². The molecule has 1 saturated carbocycles. The van der Waals surface area contributed by atoms with E-state index in [4.69, 9.17) is 0 Å². The van der Waals surface area contributed by atoms with Gasteiger partial charge >= 0.3 is 0 Å². The van der Waals surface area contributed by atoms with Gasteiger partial charge in [0.15, 0.2) is 5.82 Å². The molecule has 76 valence electrons. The van der Waals surface area contributed by atoms with Crippen LogP contribution in [0.25, 0.3) is 0 Å². The number of carbonyl (C=O) groups is 1. The van der Waals surface area contributed by atoms with E-state index in [2.05, 4.69) is 9.97 Å². The lowest BCUT2D eigenvalue weighted by atomic mass is 10.2. The van der Waals surface area contributed by atoms with Gasteiger partial charge in [0.1, 0.15) is 0 Å². The number of aromatic nitrogens is 2. The molecular weight excluding hydrogens is 178 g/mol. The Hall–Kier alpha value is -1.32. The molecule has 1 aromatic heterocycles. The third-order valence-corrected chi connectivity index (χ3v) is 2.43. The molecule has 0 bridgehead atoms. The number of rotatable bonds is 3. The minimum atomic E-state index is -0.0629. The fourth-order valence-electron chi connectivity index (χ4n) is 1.40. The highest BCUT2D eigenvalue weighted by atomic mass is 16.2. The van der Waals surface area contributed by atoms with Crippen LogP contribution in [0.15, 0.2) is 6.20 Å². The van der Waals surface area contributed by atoms with Crippen molar-refractivity contribution in [2.24, 2.45) is 5.92 Å². The third-order valence-electron chi connectivity index (χ3n) is 2.43. The van der Waals surface area contributed by atoms with Crippen LogP contribution >= 0.6 is 0 Å². The average molecular weight is 193 g/mol. The van der Waals surface area contributed by atoms with Crippen LogP contribution in [-0.2, 0) is 6.42 Å². The summed E-state index contributed by atoms with van der Waals surface area (Å²) in [5.41, 5.74) is 1.01. The molecule has 1 amide bonds. The number of nitrogens with one attached hydrogen (secondary N) is 1. The molecule has 0 atom stereocenters. The number of carbonyl (C=O) groups excluding carboxylic acids is 1. The van der Waals surface area contributed by atoms with Gasteiger partial charge in [-0.3, -0.25) is 4.79 Å². The van der Waals surface area contributed by atoms with Crippen LogP contribution in [0.1, 0.15) is 29.2 Å². The highest BCUT2D eigenvalue weighted by Crippen LogP contribution is 2.31. The molecule has 4 heteroatoms. The lowest BCUT2D eigenvalue weighted by Crippen LogP contribution is -2.22. The van der Waals surface area contributed by atoms with Crippen LogP contribution < -0.4 is 0 Å². The van der Waals surface area contributed by atoms with Gasteiger partial charge in [0, 0.05) is 20.3 Å². The Morgan fingerprint density at radius 2 is 2.36 bits per heavy atom. The van der Waals surface area contributed by atoms with Crippen molar-refractivity contribution in [3.8, 4) is 0 Å². The number of hydrogen-bond acceptors (Lipinski definition) is 2. The smallest absolute Gasteiger partial charge is 0.289 e. The quantitative estimate of drug-likeness (QED) is 0.780. The molecule has 1 fully saturated rings. The van der Waals surface area contributed by atoms with Crippen LogP contribution in [0, 0.1) is 5.92 Å². The van der Waals surface area contributed by atoms with Crippen LogP contribution in [-0.4, -0.2) is 34.9 Å². The summed E-state index contributed by atoms with van der Waals surface area (Å²) in [6.07, 6.45) is 5.47. The zero-order chi connectivity index (χ0) is 10.1. The maximum absolute atomic E-state index is 11.5. The van der Waals surface area contributed by atoms with Crippen LogP contribution in [0.4, 0.5) is 0 Å². The van der Waals surface area contributed by atoms with E-state index >= 15 is 0 Å². The zero-order valence-corrected chi connectivity index (χ0v) is 8.58. The van der Waals surface area contributed by atoms with Crippen molar-refractivity contribution in [3.05, 3.63) is 17.7 Å². The van der Waals surface area contributed by atoms with Gasteiger partial charge in [-0.15, -0.1) is 0 Å². The van der Waals surface area contributed by atoms with Crippen molar-refractivity contribution in [3.63, 3.8) is 0 Å². The molecular formula is C10H15N3O. The fourth-order valence-corrected chi connectivity index (χ4v) is 1.40. The predicted octanol–water partition coefficient (Wildman–Crippen LogP) is 1.06. The molecule has 1 N–H and O–H groups in total. The van der Waals surface area contributed by atoms with Crippen LogP contribution in [0.5, 0.6) is 0 Å². The summed E-state index contributed by atoms with van der Waals surface area (Å²) >= 11 is 0. The average Bonchev–Trinajstić information content (AvgIpc) is 2.81. The van der Waals surface area contributed by atoms with Gasteiger partial charge in [-0.2, -0.15) is 0 Å². The van der Waals surface area contributed by atoms with E-state index in [1.165, 1.54) is 17.7 Å². The van der Waals surface area contributed by atoms with Crippen LogP contribution in [0.2, 0.25) is 0 Å². The second-order valence-corrected chi connectivity index (χ2v) is 4.09. The topological polar surface area (TPSA) is 49.0 Å². The van der Waals surface area contributed by atoms with Crippen molar-refractivity contribution >= 4 is 5.91 Å². The molecule has 1 heterocycles. The fraction of sp³-hybridized carbons (Fsp3) is 0.600. The molecule has 0 aliphatic heterocycles. The van der Waals surface area contributed by atoms with Gasteiger partial charge in [0.25, 0.3) is 5.91 Å². The summed E-state index contributed by atoms with van der Waals surface area (Å²) in [6.45, 7) is 0. The predicted molar refractivity (Wildman–Crippen MR) is 53.0 cm³/mol. The molecule has 0 saturated heterocycles. The Morgan fingerprint density at radius 1 is 1.64 bits per heavy atom.